The molecule has 0 aliphatic carbocycles. The Morgan fingerprint density at radius 2 is 2.17 bits per heavy atom. The molecule has 102 valence electrons. The van der Waals surface area contributed by atoms with Crippen LogP contribution in [0.15, 0.2) is 12.1 Å². The van der Waals surface area contributed by atoms with Crippen LogP contribution in [-0.4, -0.2) is 26.4 Å². The van der Waals surface area contributed by atoms with E-state index in [0.29, 0.717) is 22.9 Å². The molecule has 0 heterocycles. The number of ether oxygens (including phenoxy) is 2. The molecule has 0 aliphatic rings. The lowest BCUT2D eigenvalue weighted by atomic mass is 10.0. The summed E-state index contributed by atoms with van der Waals surface area (Å²) in [5.41, 5.74) is 6.78. The molecule has 1 rings (SSSR count). The highest BCUT2D eigenvalue weighted by atomic mass is 35.5. The van der Waals surface area contributed by atoms with Gasteiger partial charge < -0.3 is 15.2 Å². The predicted molar refractivity (Wildman–Crippen MR) is 71.4 cm³/mol. The number of rotatable bonds is 7. The zero-order valence-electron chi connectivity index (χ0n) is 10.7. The lowest BCUT2D eigenvalue weighted by Gasteiger charge is -2.17. The highest BCUT2D eigenvalue weighted by Gasteiger charge is 2.15. The lowest BCUT2D eigenvalue weighted by molar-refractivity contribution is 0.257. The molecule has 0 saturated heterocycles. The molecule has 0 spiro atoms. The average molecular weight is 276 g/mol. The van der Waals surface area contributed by atoms with Gasteiger partial charge in [0.2, 0.25) is 0 Å². The quantitative estimate of drug-likeness (QED) is 0.832. The summed E-state index contributed by atoms with van der Waals surface area (Å²) in [6.07, 6.45) is 1.46. The molecule has 0 aromatic heterocycles. The van der Waals surface area contributed by atoms with E-state index in [9.17, 15) is 4.39 Å². The molecule has 2 N–H and O–H groups in total. The third-order valence-corrected chi connectivity index (χ3v) is 2.86. The molecule has 0 amide bonds. The van der Waals surface area contributed by atoms with Crippen molar-refractivity contribution in [3.63, 3.8) is 0 Å². The number of benzene rings is 1. The van der Waals surface area contributed by atoms with Gasteiger partial charge in [0.25, 0.3) is 0 Å². The maximum atomic E-state index is 12.2. The Morgan fingerprint density at radius 1 is 1.44 bits per heavy atom. The van der Waals surface area contributed by atoms with E-state index in [1.165, 1.54) is 7.11 Å². The van der Waals surface area contributed by atoms with Gasteiger partial charge in [-0.1, -0.05) is 18.5 Å². The van der Waals surface area contributed by atoms with Crippen LogP contribution in [0.1, 0.15) is 18.9 Å². The minimum Gasteiger partial charge on any atom is -0.493 e. The van der Waals surface area contributed by atoms with Crippen LogP contribution in [0.3, 0.4) is 0 Å². The fourth-order valence-corrected chi connectivity index (χ4v) is 1.89. The SMILES string of the molecule is CCC(N)Cc1cc(Cl)cc(OC)c1OCCF. The van der Waals surface area contributed by atoms with Crippen molar-refractivity contribution in [3.05, 3.63) is 22.7 Å². The first-order chi connectivity index (χ1) is 8.62. The second-order valence-corrected chi connectivity index (χ2v) is 4.44. The number of hydrogen-bond donors (Lipinski definition) is 1. The summed E-state index contributed by atoms with van der Waals surface area (Å²) < 4.78 is 22.8. The third-order valence-electron chi connectivity index (χ3n) is 2.65. The molecule has 0 radical (unpaired) electrons. The fraction of sp³-hybridized carbons (Fsp3) is 0.538. The molecule has 18 heavy (non-hydrogen) atoms. The Kier molecular flexibility index (Phi) is 6.22. The van der Waals surface area contributed by atoms with E-state index in [4.69, 9.17) is 26.8 Å². The van der Waals surface area contributed by atoms with Crippen LogP contribution in [0.5, 0.6) is 11.5 Å². The summed E-state index contributed by atoms with van der Waals surface area (Å²) in [5.74, 6) is 1.04. The molecule has 0 bridgehead atoms. The standard InChI is InChI=1S/C13H19ClFNO2/c1-3-11(16)7-9-6-10(14)8-12(17-2)13(9)18-5-4-15/h6,8,11H,3-5,7,16H2,1-2H3. The summed E-state index contributed by atoms with van der Waals surface area (Å²) in [5, 5.41) is 0.553. The van der Waals surface area contributed by atoms with Crippen LogP contribution >= 0.6 is 11.6 Å². The van der Waals surface area contributed by atoms with Gasteiger partial charge in [-0.2, -0.15) is 0 Å². The molecule has 1 aromatic carbocycles. The minimum absolute atomic E-state index is 0.00758. The highest BCUT2D eigenvalue weighted by Crippen LogP contribution is 2.35. The van der Waals surface area contributed by atoms with Crippen molar-refractivity contribution in [2.75, 3.05) is 20.4 Å². The highest BCUT2D eigenvalue weighted by molar-refractivity contribution is 6.30. The Hall–Kier alpha value is -1.00. The van der Waals surface area contributed by atoms with Crippen molar-refractivity contribution >= 4 is 11.6 Å². The lowest BCUT2D eigenvalue weighted by Crippen LogP contribution is -2.22. The largest absolute Gasteiger partial charge is 0.493 e. The Bertz CT molecular complexity index is 387. The first-order valence-corrected chi connectivity index (χ1v) is 6.30. The van der Waals surface area contributed by atoms with Crippen molar-refractivity contribution in [2.45, 2.75) is 25.8 Å². The first-order valence-electron chi connectivity index (χ1n) is 5.93. The van der Waals surface area contributed by atoms with Gasteiger partial charge in [-0.15, -0.1) is 0 Å². The van der Waals surface area contributed by atoms with E-state index < -0.39 is 6.67 Å². The van der Waals surface area contributed by atoms with Crippen LogP contribution in [0.4, 0.5) is 4.39 Å². The van der Waals surface area contributed by atoms with E-state index in [1.807, 2.05) is 6.92 Å². The van der Waals surface area contributed by atoms with Crippen molar-refractivity contribution < 1.29 is 13.9 Å². The zero-order valence-corrected chi connectivity index (χ0v) is 11.5. The molecular weight excluding hydrogens is 257 g/mol. The van der Waals surface area contributed by atoms with Gasteiger partial charge in [0.05, 0.1) is 7.11 Å². The number of nitrogens with two attached hydrogens (primary N) is 1. The molecule has 0 aliphatic heterocycles. The van der Waals surface area contributed by atoms with Crippen molar-refractivity contribution in [1.82, 2.24) is 0 Å². The van der Waals surface area contributed by atoms with Crippen LogP contribution in [0.2, 0.25) is 5.02 Å². The van der Waals surface area contributed by atoms with E-state index in [0.717, 1.165) is 12.0 Å². The van der Waals surface area contributed by atoms with Crippen molar-refractivity contribution in [1.29, 1.82) is 0 Å². The maximum Gasteiger partial charge on any atom is 0.164 e. The van der Waals surface area contributed by atoms with Gasteiger partial charge in [0.1, 0.15) is 13.3 Å². The summed E-state index contributed by atoms with van der Waals surface area (Å²) in [7, 11) is 1.53. The van der Waals surface area contributed by atoms with Gasteiger partial charge in [0, 0.05) is 22.7 Å². The van der Waals surface area contributed by atoms with E-state index >= 15 is 0 Å². The van der Waals surface area contributed by atoms with E-state index in [2.05, 4.69) is 0 Å². The molecule has 1 atom stereocenters. The molecule has 0 fully saturated rings. The molecule has 5 heteroatoms. The van der Waals surface area contributed by atoms with Gasteiger partial charge in [0.15, 0.2) is 11.5 Å². The van der Waals surface area contributed by atoms with Crippen LogP contribution in [-0.2, 0) is 6.42 Å². The van der Waals surface area contributed by atoms with Crippen molar-refractivity contribution in [2.24, 2.45) is 5.73 Å². The molecule has 3 nitrogen and oxygen atoms in total. The number of alkyl halides is 1. The first kappa shape index (κ1) is 15.1. The summed E-state index contributed by atoms with van der Waals surface area (Å²) >= 11 is 6.01. The molecule has 1 unspecified atom stereocenters. The number of hydrogen-bond acceptors (Lipinski definition) is 3. The Balaban J connectivity index is 3.06. The van der Waals surface area contributed by atoms with Crippen molar-refractivity contribution in [3.8, 4) is 11.5 Å². The number of methoxy groups -OCH3 is 1. The predicted octanol–water partition coefficient (Wildman–Crippen LogP) is 2.98. The van der Waals surface area contributed by atoms with Crippen LogP contribution in [0.25, 0.3) is 0 Å². The zero-order chi connectivity index (χ0) is 13.5. The van der Waals surface area contributed by atoms with Gasteiger partial charge in [-0.3, -0.25) is 0 Å². The maximum absolute atomic E-state index is 12.2. The van der Waals surface area contributed by atoms with Crippen LogP contribution < -0.4 is 15.2 Å². The fourth-order valence-electron chi connectivity index (χ4n) is 1.66. The van der Waals surface area contributed by atoms with Gasteiger partial charge in [-0.25, -0.2) is 4.39 Å². The molecule has 1 aromatic rings. The Morgan fingerprint density at radius 3 is 2.72 bits per heavy atom. The Labute approximate surface area is 112 Å². The monoisotopic (exact) mass is 275 g/mol. The normalized spacial score (nSPS) is 12.3. The smallest absolute Gasteiger partial charge is 0.164 e. The van der Waals surface area contributed by atoms with Gasteiger partial charge in [-0.05, 0) is 18.9 Å². The second-order valence-electron chi connectivity index (χ2n) is 4.01. The summed E-state index contributed by atoms with van der Waals surface area (Å²) in [4.78, 5) is 0. The second kappa shape index (κ2) is 7.44. The van der Waals surface area contributed by atoms with Crippen LogP contribution in [0, 0.1) is 0 Å². The van der Waals surface area contributed by atoms with E-state index in [1.54, 1.807) is 12.1 Å². The summed E-state index contributed by atoms with van der Waals surface area (Å²) in [6.45, 7) is 1.45. The summed E-state index contributed by atoms with van der Waals surface area (Å²) in [6, 6.07) is 3.45. The molecule has 0 saturated carbocycles. The number of halogens is 2. The van der Waals surface area contributed by atoms with E-state index in [-0.39, 0.29) is 12.6 Å². The topological polar surface area (TPSA) is 44.5 Å². The average Bonchev–Trinajstić information content (AvgIpc) is 2.36. The molecular formula is C13H19ClFNO2. The third kappa shape index (κ3) is 4.03. The van der Waals surface area contributed by atoms with Gasteiger partial charge >= 0.3 is 0 Å². The minimum atomic E-state index is -0.551.